The summed E-state index contributed by atoms with van der Waals surface area (Å²) in [5.41, 5.74) is -0.469. The number of carboxylic acids is 1. The van der Waals surface area contributed by atoms with Gasteiger partial charge in [-0.25, -0.2) is 0 Å². The fraction of sp³-hybridized carbons (Fsp3) is 0.933. The predicted octanol–water partition coefficient (Wildman–Crippen LogP) is 3.39. The Morgan fingerprint density at radius 2 is 2.11 bits per heavy atom. The van der Waals surface area contributed by atoms with Crippen LogP contribution in [-0.4, -0.2) is 35.6 Å². The highest BCUT2D eigenvalue weighted by molar-refractivity contribution is 5.75. The number of likely N-dealkylation sites (tertiary alicyclic amines) is 1. The Bertz CT molecular complexity index is 267. The fourth-order valence-electron chi connectivity index (χ4n) is 3.01. The molecule has 0 radical (unpaired) electrons. The van der Waals surface area contributed by atoms with Gasteiger partial charge in [0.2, 0.25) is 0 Å². The normalized spacial score (nSPS) is 26.4. The molecule has 0 saturated carbocycles. The second kappa shape index (κ2) is 7.13. The molecule has 1 saturated heterocycles. The lowest BCUT2D eigenvalue weighted by molar-refractivity contribution is -0.148. The minimum Gasteiger partial charge on any atom is -0.481 e. The van der Waals surface area contributed by atoms with Crippen LogP contribution in [0, 0.1) is 11.3 Å². The zero-order chi connectivity index (χ0) is 13.6. The molecule has 0 spiro atoms. The van der Waals surface area contributed by atoms with Crippen LogP contribution in [-0.2, 0) is 4.79 Å². The Morgan fingerprint density at radius 1 is 1.39 bits per heavy atom. The Hall–Kier alpha value is -0.570. The van der Waals surface area contributed by atoms with Crippen LogP contribution in [0.4, 0.5) is 0 Å². The van der Waals surface area contributed by atoms with E-state index in [0.717, 1.165) is 38.4 Å². The molecule has 2 unspecified atom stereocenters. The monoisotopic (exact) mass is 255 g/mol. The molecule has 0 bridgehead atoms. The molecule has 18 heavy (non-hydrogen) atoms. The molecule has 106 valence electrons. The highest BCUT2D eigenvalue weighted by atomic mass is 16.4. The van der Waals surface area contributed by atoms with E-state index in [1.165, 1.54) is 25.7 Å². The van der Waals surface area contributed by atoms with Crippen molar-refractivity contribution in [2.24, 2.45) is 11.3 Å². The highest BCUT2D eigenvalue weighted by Crippen LogP contribution is 2.34. The first-order valence-corrected chi connectivity index (χ1v) is 7.53. The molecule has 0 aromatic carbocycles. The molecule has 2 atom stereocenters. The number of rotatable bonds is 8. The summed E-state index contributed by atoms with van der Waals surface area (Å²) in [6.07, 6.45) is 6.63. The fourth-order valence-corrected chi connectivity index (χ4v) is 3.01. The van der Waals surface area contributed by atoms with Gasteiger partial charge in [-0.05, 0) is 31.7 Å². The molecule has 3 heteroatoms. The SMILES string of the molecule is CCCCC(CC)CN1CCC(CC)(C(=O)O)C1. The van der Waals surface area contributed by atoms with Gasteiger partial charge in [0, 0.05) is 13.1 Å². The van der Waals surface area contributed by atoms with Gasteiger partial charge in [0.05, 0.1) is 5.41 Å². The molecule has 0 aromatic heterocycles. The molecule has 0 amide bonds. The van der Waals surface area contributed by atoms with Crippen LogP contribution in [0.15, 0.2) is 0 Å². The maximum Gasteiger partial charge on any atom is 0.310 e. The van der Waals surface area contributed by atoms with Crippen LogP contribution in [0.1, 0.15) is 59.3 Å². The van der Waals surface area contributed by atoms with Crippen molar-refractivity contribution in [2.45, 2.75) is 59.3 Å². The van der Waals surface area contributed by atoms with Crippen molar-refractivity contribution < 1.29 is 9.90 Å². The van der Waals surface area contributed by atoms with Crippen LogP contribution in [0.2, 0.25) is 0 Å². The van der Waals surface area contributed by atoms with Gasteiger partial charge in [0.25, 0.3) is 0 Å². The number of unbranched alkanes of at least 4 members (excludes halogenated alkanes) is 1. The zero-order valence-electron chi connectivity index (χ0n) is 12.2. The highest BCUT2D eigenvalue weighted by Gasteiger charge is 2.43. The van der Waals surface area contributed by atoms with Crippen LogP contribution < -0.4 is 0 Å². The van der Waals surface area contributed by atoms with Crippen molar-refractivity contribution in [3.05, 3.63) is 0 Å². The first kappa shape index (κ1) is 15.5. The molecule has 1 aliphatic rings. The number of nitrogens with zero attached hydrogens (tertiary/aromatic N) is 1. The topological polar surface area (TPSA) is 40.5 Å². The molecular formula is C15H29NO2. The Morgan fingerprint density at radius 3 is 2.56 bits per heavy atom. The van der Waals surface area contributed by atoms with Crippen molar-refractivity contribution in [1.82, 2.24) is 4.90 Å². The summed E-state index contributed by atoms with van der Waals surface area (Å²) in [4.78, 5) is 13.8. The van der Waals surface area contributed by atoms with Gasteiger partial charge in [-0.3, -0.25) is 4.79 Å². The van der Waals surface area contributed by atoms with Crippen molar-refractivity contribution in [3.63, 3.8) is 0 Å². The second-order valence-electron chi connectivity index (χ2n) is 5.84. The zero-order valence-corrected chi connectivity index (χ0v) is 12.2. The lowest BCUT2D eigenvalue weighted by atomic mass is 9.84. The summed E-state index contributed by atoms with van der Waals surface area (Å²) >= 11 is 0. The van der Waals surface area contributed by atoms with Gasteiger partial charge in [-0.1, -0.05) is 40.0 Å². The van der Waals surface area contributed by atoms with Gasteiger partial charge < -0.3 is 10.0 Å². The molecule has 0 aromatic rings. The van der Waals surface area contributed by atoms with Gasteiger partial charge in [0.1, 0.15) is 0 Å². The van der Waals surface area contributed by atoms with E-state index >= 15 is 0 Å². The third kappa shape index (κ3) is 3.71. The summed E-state index contributed by atoms with van der Waals surface area (Å²) in [5, 5.41) is 9.39. The number of aliphatic carboxylic acids is 1. The molecule has 1 fully saturated rings. The van der Waals surface area contributed by atoms with Gasteiger partial charge >= 0.3 is 5.97 Å². The standard InChI is InChI=1S/C15H29NO2/c1-4-7-8-13(5-2)11-16-10-9-15(6-3,12-16)14(17)18/h13H,4-12H2,1-3H3,(H,17,18). The quantitative estimate of drug-likeness (QED) is 0.722. The summed E-state index contributed by atoms with van der Waals surface area (Å²) in [5.74, 6) is 0.139. The Kier molecular flexibility index (Phi) is 6.13. The summed E-state index contributed by atoms with van der Waals surface area (Å²) in [7, 11) is 0. The molecular weight excluding hydrogens is 226 g/mol. The molecule has 1 aliphatic heterocycles. The minimum absolute atomic E-state index is 0.469. The average molecular weight is 255 g/mol. The predicted molar refractivity (Wildman–Crippen MR) is 74.7 cm³/mol. The number of hydrogen-bond donors (Lipinski definition) is 1. The van der Waals surface area contributed by atoms with E-state index in [4.69, 9.17) is 0 Å². The molecule has 3 nitrogen and oxygen atoms in total. The number of carboxylic acid groups (broad SMARTS) is 1. The van der Waals surface area contributed by atoms with Crippen molar-refractivity contribution >= 4 is 5.97 Å². The van der Waals surface area contributed by atoms with Crippen LogP contribution in [0.5, 0.6) is 0 Å². The lowest BCUT2D eigenvalue weighted by Gasteiger charge is -2.26. The van der Waals surface area contributed by atoms with E-state index in [2.05, 4.69) is 18.7 Å². The van der Waals surface area contributed by atoms with E-state index in [-0.39, 0.29) is 0 Å². The van der Waals surface area contributed by atoms with E-state index in [1.54, 1.807) is 0 Å². The smallest absolute Gasteiger partial charge is 0.310 e. The van der Waals surface area contributed by atoms with E-state index < -0.39 is 11.4 Å². The maximum atomic E-state index is 11.4. The maximum absolute atomic E-state index is 11.4. The van der Waals surface area contributed by atoms with Crippen molar-refractivity contribution in [1.29, 1.82) is 0 Å². The largest absolute Gasteiger partial charge is 0.481 e. The van der Waals surface area contributed by atoms with Crippen LogP contribution in [0.25, 0.3) is 0 Å². The second-order valence-corrected chi connectivity index (χ2v) is 5.84. The van der Waals surface area contributed by atoms with Gasteiger partial charge in [-0.2, -0.15) is 0 Å². The average Bonchev–Trinajstić information content (AvgIpc) is 2.79. The first-order valence-electron chi connectivity index (χ1n) is 7.53. The Labute approximate surface area is 112 Å². The Balaban J connectivity index is 2.48. The molecule has 0 aliphatic carbocycles. The number of carbonyl (C=O) groups is 1. The third-order valence-corrected chi connectivity index (χ3v) is 4.62. The molecule has 1 heterocycles. The van der Waals surface area contributed by atoms with Crippen LogP contribution >= 0.6 is 0 Å². The van der Waals surface area contributed by atoms with Crippen molar-refractivity contribution in [3.8, 4) is 0 Å². The third-order valence-electron chi connectivity index (χ3n) is 4.62. The summed E-state index contributed by atoms with van der Waals surface area (Å²) < 4.78 is 0. The first-order chi connectivity index (χ1) is 8.57. The van der Waals surface area contributed by atoms with Crippen molar-refractivity contribution in [2.75, 3.05) is 19.6 Å². The minimum atomic E-state index is -0.603. The molecule has 1 rings (SSSR count). The van der Waals surface area contributed by atoms with Crippen LogP contribution in [0.3, 0.4) is 0 Å². The van der Waals surface area contributed by atoms with E-state index in [1.807, 2.05) is 6.92 Å². The number of hydrogen-bond acceptors (Lipinski definition) is 2. The molecule has 1 N–H and O–H groups in total. The summed E-state index contributed by atoms with van der Waals surface area (Å²) in [6, 6.07) is 0. The van der Waals surface area contributed by atoms with E-state index in [0.29, 0.717) is 0 Å². The summed E-state index contributed by atoms with van der Waals surface area (Å²) in [6.45, 7) is 9.29. The van der Waals surface area contributed by atoms with Gasteiger partial charge in [0.15, 0.2) is 0 Å². The van der Waals surface area contributed by atoms with E-state index in [9.17, 15) is 9.90 Å². The lowest BCUT2D eigenvalue weighted by Crippen LogP contribution is -2.35. The van der Waals surface area contributed by atoms with Gasteiger partial charge in [-0.15, -0.1) is 0 Å².